The molecule has 2 amide bonds. The Labute approximate surface area is 164 Å². The number of anilines is 2. The predicted molar refractivity (Wildman–Crippen MR) is 97.9 cm³/mol. The lowest BCUT2D eigenvalue weighted by molar-refractivity contribution is -0.151. The van der Waals surface area contributed by atoms with Crippen LogP contribution in [-0.2, 0) is 25.3 Å². The van der Waals surface area contributed by atoms with Crippen molar-refractivity contribution in [2.24, 2.45) is 5.92 Å². The maximum atomic E-state index is 13.0. The number of rotatable bonds is 5. The van der Waals surface area contributed by atoms with Crippen LogP contribution >= 0.6 is 0 Å². The molecule has 1 saturated heterocycles. The summed E-state index contributed by atoms with van der Waals surface area (Å²) < 4.78 is 43.8. The van der Waals surface area contributed by atoms with Crippen LogP contribution in [-0.4, -0.2) is 30.9 Å². The number of alkyl halides is 3. The molecule has 0 aromatic heterocycles. The number of carbonyl (C=O) groups is 3. The number of ether oxygens (including phenoxy) is 1. The molecule has 9 heteroatoms. The van der Waals surface area contributed by atoms with E-state index in [4.69, 9.17) is 4.74 Å². The van der Waals surface area contributed by atoms with Crippen molar-refractivity contribution in [2.45, 2.75) is 12.6 Å². The van der Waals surface area contributed by atoms with Crippen molar-refractivity contribution in [1.29, 1.82) is 0 Å². The Morgan fingerprint density at radius 3 is 2.41 bits per heavy atom. The largest absolute Gasteiger partial charge is 0.455 e. The maximum absolute atomic E-state index is 13.0. The smallest absolute Gasteiger partial charge is 0.418 e. The van der Waals surface area contributed by atoms with Gasteiger partial charge >= 0.3 is 12.1 Å². The number of amides is 2. The van der Waals surface area contributed by atoms with Crippen molar-refractivity contribution in [3.63, 3.8) is 0 Å². The number of hydrogen-bond donors (Lipinski definition) is 1. The highest BCUT2D eigenvalue weighted by atomic mass is 19.4. The van der Waals surface area contributed by atoms with Crippen molar-refractivity contribution in [2.75, 3.05) is 23.4 Å². The molecular formula is C20H17F3N2O4. The van der Waals surface area contributed by atoms with Crippen LogP contribution in [0.2, 0.25) is 0 Å². The molecule has 6 nitrogen and oxygen atoms in total. The topological polar surface area (TPSA) is 75.7 Å². The third-order valence-electron chi connectivity index (χ3n) is 4.38. The van der Waals surface area contributed by atoms with Crippen LogP contribution in [0.25, 0.3) is 0 Å². The Bertz CT molecular complexity index is 915. The normalized spacial score (nSPS) is 16.6. The second kappa shape index (κ2) is 8.34. The number of hydrogen-bond acceptors (Lipinski definition) is 4. The zero-order chi connectivity index (χ0) is 21.0. The molecule has 0 aliphatic carbocycles. The van der Waals surface area contributed by atoms with Crippen molar-refractivity contribution in [1.82, 2.24) is 0 Å². The van der Waals surface area contributed by atoms with Gasteiger partial charge in [-0.3, -0.25) is 14.4 Å². The zero-order valence-electron chi connectivity index (χ0n) is 15.1. The SMILES string of the molecule is O=C(COC(=O)[C@H]1CC(=O)N(c2ccccc2)C1)Nc1ccccc1C(F)(F)F. The fourth-order valence-electron chi connectivity index (χ4n) is 3.00. The number of nitrogens with zero attached hydrogens (tertiary/aromatic N) is 1. The Morgan fingerprint density at radius 2 is 1.72 bits per heavy atom. The summed E-state index contributed by atoms with van der Waals surface area (Å²) in [6.45, 7) is -0.638. The highest BCUT2D eigenvalue weighted by Crippen LogP contribution is 2.34. The summed E-state index contributed by atoms with van der Waals surface area (Å²) in [6.07, 6.45) is -4.70. The van der Waals surface area contributed by atoms with Crippen LogP contribution in [0, 0.1) is 5.92 Å². The van der Waals surface area contributed by atoms with Gasteiger partial charge < -0.3 is 15.0 Å². The molecule has 0 radical (unpaired) electrons. The van der Waals surface area contributed by atoms with Gasteiger partial charge in [0, 0.05) is 18.7 Å². The van der Waals surface area contributed by atoms with E-state index < -0.39 is 41.8 Å². The maximum Gasteiger partial charge on any atom is 0.418 e. The number of halogens is 3. The molecule has 0 saturated carbocycles. The number of esters is 1. The van der Waals surface area contributed by atoms with Gasteiger partial charge in [-0.1, -0.05) is 30.3 Å². The van der Waals surface area contributed by atoms with Gasteiger partial charge in [-0.05, 0) is 24.3 Å². The van der Waals surface area contributed by atoms with E-state index in [2.05, 4.69) is 5.32 Å². The van der Waals surface area contributed by atoms with E-state index >= 15 is 0 Å². The summed E-state index contributed by atoms with van der Waals surface area (Å²) in [4.78, 5) is 37.7. The van der Waals surface area contributed by atoms with Crippen LogP contribution in [0.15, 0.2) is 54.6 Å². The van der Waals surface area contributed by atoms with Gasteiger partial charge in [0.1, 0.15) is 0 Å². The summed E-state index contributed by atoms with van der Waals surface area (Å²) in [7, 11) is 0. The fraction of sp³-hybridized carbons (Fsp3) is 0.250. The van der Waals surface area contributed by atoms with Gasteiger partial charge in [-0.2, -0.15) is 13.2 Å². The summed E-state index contributed by atoms with van der Waals surface area (Å²) in [6, 6.07) is 13.3. The van der Waals surface area contributed by atoms with E-state index in [0.29, 0.717) is 5.69 Å². The second-order valence-corrected chi connectivity index (χ2v) is 6.44. The number of benzene rings is 2. The molecule has 1 aliphatic heterocycles. The highest BCUT2D eigenvalue weighted by Gasteiger charge is 2.37. The minimum Gasteiger partial charge on any atom is -0.455 e. The first-order valence-corrected chi connectivity index (χ1v) is 8.74. The molecule has 29 heavy (non-hydrogen) atoms. The lowest BCUT2D eigenvalue weighted by Gasteiger charge is -2.16. The molecule has 2 aromatic carbocycles. The fourth-order valence-corrected chi connectivity index (χ4v) is 3.00. The molecule has 1 aliphatic rings. The van der Waals surface area contributed by atoms with E-state index in [1.165, 1.54) is 17.0 Å². The molecule has 0 spiro atoms. The monoisotopic (exact) mass is 406 g/mol. The van der Waals surface area contributed by atoms with Crippen LogP contribution < -0.4 is 10.2 Å². The molecule has 152 valence electrons. The van der Waals surface area contributed by atoms with Gasteiger partial charge in [0.2, 0.25) is 5.91 Å². The van der Waals surface area contributed by atoms with E-state index in [1.807, 2.05) is 0 Å². The lowest BCUT2D eigenvalue weighted by Crippen LogP contribution is -2.28. The molecular weight excluding hydrogens is 389 g/mol. The van der Waals surface area contributed by atoms with Crippen molar-refractivity contribution >= 4 is 29.2 Å². The summed E-state index contributed by atoms with van der Waals surface area (Å²) >= 11 is 0. The average Bonchev–Trinajstić information content (AvgIpc) is 3.08. The quantitative estimate of drug-likeness (QED) is 0.774. The van der Waals surface area contributed by atoms with Gasteiger partial charge in [0.05, 0.1) is 17.2 Å². The standard InChI is InChI=1S/C20H17F3N2O4/c21-20(22,23)15-8-4-5-9-16(15)24-17(26)12-29-19(28)13-10-18(27)25(11-13)14-6-2-1-3-7-14/h1-9,13H,10-12H2,(H,24,26)/t13-/m0/s1. The van der Waals surface area contributed by atoms with E-state index in [1.54, 1.807) is 30.3 Å². The van der Waals surface area contributed by atoms with Crippen molar-refractivity contribution < 1.29 is 32.3 Å². The Morgan fingerprint density at radius 1 is 1.07 bits per heavy atom. The first-order chi connectivity index (χ1) is 13.8. The Hall–Kier alpha value is -3.36. The van der Waals surface area contributed by atoms with Gasteiger partial charge in [-0.25, -0.2) is 0 Å². The van der Waals surface area contributed by atoms with Crippen LogP contribution in [0.3, 0.4) is 0 Å². The summed E-state index contributed by atoms with van der Waals surface area (Å²) in [5, 5.41) is 2.09. The van der Waals surface area contributed by atoms with Gasteiger partial charge in [0.25, 0.3) is 5.91 Å². The molecule has 1 N–H and O–H groups in total. The van der Waals surface area contributed by atoms with Crippen molar-refractivity contribution in [3.05, 3.63) is 60.2 Å². The van der Waals surface area contributed by atoms with Crippen LogP contribution in [0.1, 0.15) is 12.0 Å². The molecule has 2 aromatic rings. The lowest BCUT2D eigenvalue weighted by atomic mass is 10.1. The van der Waals surface area contributed by atoms with Gasteiger partial charge in [-0.15, -0.1) is 0 Å². The van der Waals surface area contributed by atoms with E-state index in [0.717, 1.165) is 12.1 Å². The summed E-state index contributed by atoms with van der Waals surface area (Å²) in [5.74, 6) is -2.66. The average molecular weight is 406 g/mol. The summed E-state index contributed by atoms with van der Waals surface area (Å²) in [5.41, 5.74) is -0.777. The second-order valence-electron chi connectivity index (χ2n) is 6.44. The molecule has 0 bridgehead atoms. The number of nitrogens with one attached hydrogen (secondary N) is 1. The zero-order valence-corrected chi connectivity index (χ0v) is 15.1. The Kier molecular flexibility index (Phi) is 5.86. The van der Waals surface area contributed by atoms with Crippen LogP contribution in [0.5, 0.6) is 0 Å². The van der Waals surface area contributed by atoms with E-state index in [-0.39, 0.29) is 18.9 Å². The third kappa shape index (κ3) is 4.92. The minimum absolute atomic E-state index is 0.0632. The first kappa shape index (κ1) is 20.4. The minimum atomic E-state index is -4.63. The Balaban J connectivity index is 1.55. The van der Waals surface area contributed by atoms with Crippen molar-refractivity contribution in [3.8, 4) is 0 Å². The molecule has 0 unspecified atom stereocenters. The van der Waals surface area contributed by atoms with Crippen LogP contribution in [0.4, 0.5) is 24.5 Å². The molecule has 1 heterocycles. The number of carbonyl (C=O) groups excluding carboxylic acids is 3. The number of para-hydroxylation sites is 2. The van der Waals surface area contributed by atoms with Gasteiger partial charge in [0.15, 0.2) is 6.61 Å². The molecule has 3 rings (SSSR count). The first-order valence-electron chi connectivity index (χ1n) is 8.74. The third-order valence-corrected chi connectivity index (χ3v) is 4.38. The predicted octanol–water partition coefficient (Wildman–Crippen LogP) is 3.24. The highest BCUT2D eigenvalue weighted by molar-refractivity contribution is 6.00. The van der Waals surface area contributed by atoms with E-state index in [9.17, 15) is 27.6 Å². The molecule has 1 atom stereocenters. The molecule has 1 fully saturated rings.